The van der Waals surface area contributed by atoms with Crippen molar-refractivity contribution in [2.24, 2.45) is 5.73 Å². The molecule has 0 fully saturated rings. The average Bonchev–Trinajstić information content (AvgIpc) is 2.71. The lowest BCUT2D eigenvalue weighted by Gasteiger charge is -2.24. The summed E-state index contributed by atoms with van der Waals surface area (Å²) in [5.74, 6) is -0.517. The average molecular weight is 442 g/mol. The first-order chi connectivity index (χ1) is 15.0. The zero-order chi connectivity index (χ0) is 23.7. The first kappa shape index (κ1) is 24.7. The molecule has 8 heteroatoms. The molecule has 4 N–H and O–H groups in total. The van der Waals surface area contributed by atoms with Crippen molar-refractivity contribution < 1.29 is 23.9 Å². The van der Waals surface area contributed by atoms with Gasteiger partial charge in [-0.15, -0.1) is 0 Å². The Labute approximate surface area is 188 Å². The van der Waals surface area contributed by atoms with Gasteiger partial charge in [0.15, 0.2) is 0 Å². The molecule has 0 bridgehead atoms. The summed E-state index contributed by atoms with van der Waals surface area (Å²) in [6, 6.07) is 15.6. The van der Waals surface area contributed by atoms with Crippen LogP contribution in [0.25, 0.3) is 0 Å². The summed E-state index contributed by atoms with van der Waals surface area (Å²) in [4.78, 5) is 35.8. The number of ether oxygens (including phenoxy) is 2. The van der Waals surface area contributed by atoms with Gasteiger partial charge in [0.25, 0.3) is 0 Å². The van der Waals surface area contributed by atoms with Gasteiger partial charge in [0, 0.05) is 12.1 Å². The molecule has 8 nitrogen and oxygen atoms in total. The Morgan fingerprint density at radius 1 is 0.969 bits per heavy atom. The van der Waals surface area contributed by atoms with Crippen molar-refractivity contribution >= 4 is 18.1 Å². The molecule has 3 amide bonds. The fourth-order valence-corrected chi connectivity index (χ4v) is 2.94. The normalized spacial score (nSPS) is 12.9. The number of amides is 3. The Balaban J connectivity index is 2.00. The lowest BCUT2D eigenvalue weighted by Crippen LogP contribution is -2.46. The van der Waals surface area contributed by atoms with E-state index in [9.17, 15) is 14.4 Å². The van der Waals surface area contributed by atoms with Crippen molar-refractivity contribution in [2.75, 3.05) is 6.54 Å². The van der Waals surface area contributed by atoms with Crippen LogP contribution in [0.1, 0.15) is 55.3 Å². The zero-order valence-corrected chi connectivity index (χ0v) is 18.9. The molecule has 0 aliphatic carbocycles. The molecule has 0 aromatic heterocycles. The molecule has 2 rings (SSSR count). The monoisotopic (exact) mass is 441 g/mol. The van der Waals surface area contributed by atoms with E-state index in [4.69, 9.17) is 15.2 Å². The number of rotatable bonds is 8. The third kappa shape index (κ3) is 8.67. The first-order valence-electron chi connectivity index (χ1n) is 10.4. The van der Waals surface area contributed by atoms with Crippen LogP contribution in [0.5, 0.6) is 0 Å². The summed E-state index contributed by atoms with van der Waals surface area (Å²) in [6.07, 6.45) is -1.22. The molecular weight excluding hydrogens is 410 g/mol. The van der Waals surface area contributed by atoms with Crippen LogP contribution in [-0.2, 0) is 15.9 Å². The van der Waals surface area contributed by atoms with Gasteiger partial charge in [0.05, 0.1) is 6.04 Å². The third-order valence-corrected chi connectivity index (χ3v) is 4.49. The molecule has 0 saturated carbocycles. The Hall–Kier alpha value is -3.55. The number of nitrogens with one attached hydrogen (secondary N) is 2. The second kappa shape index (κ2) is 11.2. The van der Waals surface area contributed by atoms with Gasteiger partial charge in [-0.05, 0) is 57.4 Å². The van der Waals surface area contributed by atoms with E-state index in [0.717, 1.165) is 11.1 Å². The Bertz CT molecular complexity index is 907. The highest BCUT2D eigenvalue weighted by molar-refractivity contribution is 5.92. The number of nitrogens with two attached hydrogens (primary N) is 1. The zero-order valence-electron chi connectivity index (χ0n) is 18.9. The van der Waals surface area contributed by atoms with Gasteiger partial charge in [-0.1, -0.05) is 42.5 Å². The van der Waals surface area contributed by atoms with Crippen LogP contribution >= 0.6 is 0 Å². The summed E-state index contributed by atoms with van der Waals surface area (Å²) < 4.78 is 10.7. The standard InChI is InChI=1S/C24H31N3O5/c1-16(18-8-6-5-7-9-18)31-22(29)26-15-20(27-23(30)32-24(2,3)4)14-17-10-12-19(13-11-17)21(25)28/h5-13,16,20H,14-15H2,1-4H3,(H2,25,28)(H,26,29)(H,27,30)/t16-,20-/m0/s1. The van der Waals surface area contributed by atoms with Crippen LogP contribution in [0.2, 0.25) is 0 Å². The van der Waals surface area contributed by atoms with E-state index >= 15 is 0 Å². The van der Waals surface area contributed by atoms with Crippen LogP contribution in [-0.4, -0.2) is 36.3 Å². The summed E-state index contributed by atoms with van der Waals surface area (Å²) in [5.41, 5.74) is 6.74. The summed E-state index contributed by atoms with van der Waals surface area (Å²) in [6.45, 7) is 7.21. The lowest BCUT2D eigenvalue weighted by atomic mass is 10.0. The highest BCUT2D eigenvalue weighted by Crippen LogP contribution is 2.16. The van der Waals surface area contributed by atoms with Gasteiger partial charge in [-0.2, -0.15) is 0 Å². The summed E-state index contributed by atoms with van der Waals surface area (Å²) in [7, 11) is 0. The highest BCUT2D eigenvalue weighted by Gasteiger charge is 2.21. The van der Waals surface area contributed by atoms with E-state index in [1.807, 2.05) is 30.3 Å². The lowest BCUT2D eigenvalue weighted by molar-refractivity contribution is 0.0500. The number of hydrogen-bond acceptors (Lipinski definition) is 5. The molecule has 2 atom stereocenters. The van der Waals surface area contributed by atoms with E-state index in [1.165, 1.54) is 0 Å². The predicted octanol–water partition coefficient (Wildman–Crippen LogP) is 3.71. The molecule has 0 spiro atoms. The van der Waals surface area contributed by atoms with Crippen LogP contribution in [0.3, 0.4) is 0 Å². The maximum absolute atomic E-state index is 12.3. The summed E-state index contributed by atoms with van der Waals surface area (Å²) >= 11 is 0. The van der Waals surface area contributed by atoms with Gasteiger partial charge >= 0.3 is 12.2 Å². The minimum absolute atomic E-state index is 0.122. The topological polar surface area (TPSA) is 120 Å². The molecule has 0 radical (unpaired) electrons. The van der Waals surface area contributed by atoms with Crippen LogP contribution in [0, 0.1) is 0 Å². The SMILES string of the molecule is C[C@H](OC(=O)NC[C@H](Cc1ccc(C(N)=O)cc1)NC(=O)OC(C)(C)C)c1ccccc1. The van der Waals surface area contributed by atoms with Gasteiger partial charge in [-0.3, -0.25) is 4.79 Å². The van der Waals surface area contributed by atoms with Crippen molar-refractivity contribution in [1.29, 1.82) is 0 Å². The Kier molecular flexibility index (Phi) is 8.63. The molecule has 32 heavy (non-hydrogen) atoms. The Morgan fingerprint density at radius 3 is 2.16 bits per heavy atom. The second-order valence-corrected chi connectivity index (χ2v) is 8.45. The fraction of sp³-hybridized carbons (Fsp3) is 0.375. The second-order valence-electron chi connectivity index (χ2n) is 8.45. The maximum Gasteiger partial charge on any atom is 0.407 e. The molecule has 172 valence electrons. The number of carbonyl (C=O) groups is 3. The van der Waals surface area contributed by atoms with Crippen molar-refractivity contribution in [1.82, 2.24) is 10.6 Å². The van der Waals surface area contributed by atoms with E-state index in [-0.39, 0.29) is 6.54 Å². The minimum atomic E-state index is -0.657. The fourth-order valence-electron chi connectivity index (χ4n) is 2.94. The van der Waals surface area contributed by atoms with Crippen molar-refractivity contribution in [3.63, 3.8) is 0 Å². The van der Waals surface area contributed by atoms with E-state index in [1.54, 1.807) is 52.0 Å². The van der Waals surface area contributed by atoms with Crippen LogP contribution in [0.4, 0.5) is 9.59 Å². The molecule has 2 aromatic rings. The van der Waals surface area contributed by atoms with Gasteiger partial charge in [-0.25, -0.2) is 9.59 Å². The van der Waals surface area contributed by atoms with E-state index in [2.05, 4.69) is 10.6 Å². The molecule has 0 unspecified atom stereocenters. The van der Waals surface area contributed by atoms with Crippen LogP contribution < -0.4 is 16.4 Å². The summed E-state index contributed by atoms with van der Waals surface area (Å²) in [5, 5.41) is 5.47. The molecule has 0 aliphatic rings. The van der Waals surface area contributed by atoms with Crippen molar-refractivity contribution in [3.05, 3.63) is 71.3 Å². The molecule has 0 aliphatic heterocycles. The van der Waals surface area contributed by atoms with Gasteiger partial charge in [0.1, 0.15) is 11.7 Å². The van der Waals surface area contributed by atoms with E-state index in [0.29, 0.717) is 12.0 Å². The molecule has 0 heterocycles. The van der Waals surface area contributed by atoms with Crippen molar-refractivity contribution in [3.8, 4) is 0 Å². The maximum atomic E-state index is 12.3. The number of carbonyl (C=O) groups excluding carboxylic acids is 3. The van der Waals surface area contributed by atoms with Gasteiger partial charge in [0.2, 0.25) is 5.91 Å². The predicted molar refractivity (Wildman–Crippen MR) is 121 cm³/mol. The minimum Gasteiger partial charge on any atom is -0.444 e. The van der Waals surface area contributed by atoms with E-state index < -0.39 is 35.8 Å². The van der Waals surface area contributed by atoms with Gasteiger partial charge < -0.3 is 25.8 Å². The number of hydrogen-bond donors (Lipinski definition) is 3. The largest absolute Gasteiger partial charge is 0.444 e. The smallest absolute Gasteiger partial charge is 0.407 e. The number of alkyl carbamates (subject to hydrolysis) is 2. The molecular formula is C24H31N3O5. The number of benzene rings is 2. The Morgan fingerprint density at radius 2 is 1.59 bits per heavy atom. The van der Waals surface area contributed by atoms with Crippen LogP contribution in [0.15, 0.2) is 54.6 Å². The molecule has 0 saturated heterocycles. The number of primary amides is 1. The quantitative estimate of drug-likeness (QED) is 0.577. The highest BCUT2D eigenvalue weighted by atomic mass is 16.6. The van der Waals surface area contributed by atoms with Crippen molar-refractivity contribution in [2.45, 2.75) is 51.9 Å². The molecule has 2 aromatic carbocycles. The first-order valence-corrected chi connectivity index (χ1v) is 10.4. The third-order valence-electron chi connectivity index (χ3n) is 4.49.